The fourth-order valence-electron chi connectivity index (χ4n) is 1.06. The van der Waals surface area contributed by atoms with Crippen LogP contribution in [0.4, 0.5) is 0 Å². The first-order valence-electron chi connectivity index (χ1n) is 4.15. The first kappa shape index (κ1) is 13.2. The molecule has 3 N–H and O–H groups in total. The molecule has 3 unspecified atom stereocenters. The van der Waals surface area contributed by atoms with Crippen LogP contribution < -0.4 is 5.50 Å². The number of thiocarbonyl (C=S) groups is 1. The Labute approximate surface area is 84.1 Å². The summed E-state index contributed by atoms with van der Waals surface area (Å²) in [6, 6.07) is 0. The van der Waals surface area contributed by atoms with Gasteiger partial charge in [0.1, 0.15) is 0 Å². The summed E-state index contributed by atoms with van der Waals surface area (Å²) < 4.78 is 15.5. The Morgan fingerprint density at radius 3 is 2.62 bits per heavy atom. The lowest BCUT2D eigenvalue weighted by atomic mass is 10.0. The average molecular weight is 225 g/mol. The van der Waals surface area contributed by atoms with Crippen LogP contribution in [-0.2, 0) is 9.09 Å². The zero-order valence-electron chi connectivity index (χ0n) is 7.84. The second-order valence-electron chi connectivity index (χ2n) is 3.04. The Hall–Kier alpha value is 0.200. The Bertz CT molecular complexity index is 206. The minimum atomic E-state index is -3.91. The van der Waals surface area contributed by atoms with Gasteiger partial charge in [-0.15, -0.1) is 0 Å². The van der Waals surface area contributed by atoms with Gasteiger partial charge in [0, 0.05) is 5.37 Å². The van der Waals surface area contributed by atoms with Crippen LogP contribution in [0.15, 0.2) is 0 Å². The van der Waals surface area contributed by atoms with Crippen LogP contribution in [0.25, 0.3) is 0 Å². The van der Waals surface area contributed by atoms with E-state index in [-0.39, 0.29) is 5.92 Å². The van der Waals surface area contributed by atoms with Crippen LogP contribution in [0.3, 0.4) is 0 Å². The molecule has 0 aliphatic rings. The zero-order valence-corrected chi connectivity index (χ0v) is 9.55. The van der Waals surface area contributed by atoms with E-state index in [4.69, 9.17) is 27.1 Å². The largest absolute Gasteiger partial charge is 0.400 e. The van der Waals surface area contributed by atoms with Crippen molar-refractivity contribution in [1.29, 1.82) is 0 Å². The second kappa shape index (κ2) is 5.83. The molecule has 0 aromatic carbocycles. The lowest BCUT2D eigenvalue weighted by Crippen LogP contribution is -2.23. The molecule has 13 heavy (non-hydrogen) atoms. The van der Waals surface area contributed by atoms with Gasteiger partial charge in [-0.05, 0) is 12.3 Å². The Morgan fingerprint density at radius 1 is 1.77 bits per heavy atom. The molecule has 6 heteroatoms. The Kier molecular flexibility index (Phi) is 5.92. The molecule has 0 aromatic heterocycles. The monoisotopic (exact) mass is 225 g/mol. The van der Waals surface area contributed by atoms with Crippen LogP contribution in [0, 0.1) is 5.92 Å². The third kappa shape index (κ3) is 6.29. The highest BCUT2D eigenvalue weighted by molar-refractivity contribution is 7.79. The molecule has 0 aliphatic carbocycles. The van der Waals surface area contributed by atoms with E-state index in [1.54, 1.807) is 0 Å². The molecule has 0 heterocycles. The molecule has 0 aromatic rings. The number of nitrogens with two attached hydrogens (primary N) is 1. The zero-order chi connectivity index (χ0) is 10.5. The highest BCUT2D eigenvalue weighted by Crippen LogP contribution is 2.35. The fourth-order valence-corrected chi connectivity index (χ4v) is 2.08. The molecule has 0 bridgehead atoms. The van der Waals surface area contributed by atoms with Crippen molar-refractivity contribution in [2.75, 3.05) is 0 Å². The normalized spacial score (nSPS) is 20.3. The predicted molar refractivity (Wildman–Crippen MR) is 56.6 cm³/mol. The maximum atomic E-state index is 10.7. The minimum Gasteiger partial charge on any atom is -0.313 e. The summed E-state index contributed by atoms with van der Waals surface area (Å²) in [7, 11) is -3.91. The smallest absolute Gasteiger partial charge is 0.313 e. The van der Waals surface area contributed by atoms with Crippen molar-refractivity contribution >= 4 is 25.3 Å². The first-order chi connectivity index (χ1) is 5.90. The highest BCUT2D eigenvalue weighted by atomic mass is 32.1. The van der Waals surface area contributed by atoms with E-state index in [2.05, 4.69) is 0 Å². The van der Waals surface area contributed by atoms with E-state index < -0.39 is 13.9 Å². The molecule has 0 saturated heterocycles. The molecule has 3 atom stereocenters. The van der Waals surface area contributed by atoms with Crippen LogP contribution in [-0.4, -0.2) is 16.4 Å². The van der Waals surface area contributed by atoms with Gasteiger partial charge in [0.05, 0.1) is 6.10 Å². The molecule has 78 valence electrons. The lowest BCUT2D eigenvalue weighted by Gasteiger charge is -2.20. The van der Waals surface area contributed by atoms with Gasteiger partial charge in [-0.3, -0.25) is 4.52 Å². The molecule has 0 aliphatic heterocycles. The van der Waals surface area contributed by atoms with Gasteiger partial charge >= 0.3 is 7.75 Å². The minimum absolute atomic E-state index is 0.117. The molecule has 0 radical (unpaired) electrons. The summed E-state index contributed by atoms with van der Waals surface area (Å²) in [5, 5.41) is 1.34. The summed E-state index contributed by atoms with van der Waals surface area (Å²) in [4.78, 5) is 8.78. The number of rotatable bonds is 6. The second-order valence-corrected chi connectivity index (χ2v) is 4.65. The van der Waals surface area contributed by atoms with E-state index in [0.29, 0.717) is 0 Å². The maximum Gasteiger partial charge on any atom is 0.400 e. The average Bonchev–Trinajstić information content (AvgIpc) is 1.99. The topological polar surface area (TPSA) is 72.5 Å². The Morgan fingerprint density at radius 2 is 2.31 bits per heavy atom. The van der Waals surface area contributed by atoms with Gasteiger partial charge in [-0.2, -0.15) is 0 Å². The molecule has 0 fully saturated rings. The van der Waals surface area contributed by atoms with E-state index in [1.807, 2.05) is 13.8 Å². The van der Waals surface area contributed by atoms with Crippen LogP contribution in [0.5, 0.6) is 0 Å². The predicted octanol–water partition coefficient (Wildman–Crippen LogP) is 1.87. The van der Waals surface area contributed by atoms with E-state index in [0.717, 1.165) is 12.8 Å². The summed E-state index contributed by atoms with van der Waals surface area (Å²) in [5.74, 6) is 0.117. The number of hydrogen-bond acceptors (Lipinski definition) is 3. The van der Waals surface area contributed by atoms with Gasteiger partial charge in [0.2, 0.25) is 0 Å². The van der Waals surface area contributed by atoms with E-state index in [1.165, 1.54) is 5.37 Å². The van der Waals surface area contributed by atoms with E-state index >= 15 is 0 Å². The van der Waals surface area contributed by atoms with Crippen LogP contribution >= 0.6 is 20.0 Å². The quantitative estimate of drug-likeness (QED) is 0.533. The third-order valence-corrected chi connectivity index (χ3v) is 2.53. The van der Waals surface area contributed by atoms with E-state index in [9.17, 15) is 4.57 Å². The van der Waals surface area contributed by atoms with Gasteiger partial charge < -0.3 is 4.89 Å². The molecule has 0 saturated carbocycles. The Balaban J connectivity index is 4.17. The van der Waals surface area contributed by atoms with Crippen molar-refractivity contribution < 1.29 is 14.0 Å². The molecule has 0 spiro atoms. The standard InChI is InChI=1S/C7H16NO3PS/c1-3-4-6(2)7(5-13)11-12(8,9)10/h5-7H,3-4H2,1-2H3,(H3,8,9,10). The number of hydrogen-bond donors (Lipinski definition) is 2. The fraction of sp³-hybridized carbons (Fsp3) is 0.857. The van der Waals surface area contributed by atoms with Crippen molar-refractivity contribution in [3.8, 4) is 0 Å². The molecule has 0 amide bonds. The van der Waals surface area contributed by atoms with Crippen LogP contribution in [0.1, 0.15) is 26.7 Å². The van der Waals surface area contributed by atoms with Crippen molar-refractivity contribution in [3.05, 3.63) is 0 Å². The maximum absolute atomic E-state index is 10.7. The molecular weight excluding hydrogens is 209 g/mol. The van der Waals surface area contributed by atoms with Crippen molar-refractivity contribution in [2.24, 2.45) is 11.4 Å². The van der Waals surface area contributed by atoms with Gasteiger partial charge in [0.25, 0.3) is 0 Å². The highest BCUT2D eigenvalue weighted by Gasteiger charge is 2.22. The van der Waals surface area contributed by atoms with Crippen LogP contribution in [0.2, 0.25) is 0 Å². The lowest BCUT2D eigenvalue weighted by molar-refractivity contribution is 0.177. The van der Waals surface area contributed by atoms with Gasteiger partial charge in [-0.1, -0.05) is 32.5 Å². The molecule has 4 nitrogen and oxygen atoms in total. The van der Waals surface area contributed by atoms with Gasteiger partial charge in [0.15, 0.2) is 0 Å². The molecule has 0 rings (SSSR count). The van der Waals surface area contributed by atoms with Gasteiger partial charge in [-0.25, -0.2) is 10.1 Å². The SMILES string of the molecule is CCCC(C)C(C=S)OP(N)(=O)O. The summed E-state index contributed by atoms with van der Waals surface area (Å²) >= 11 is 4.69. The summed E-state index contributed by atoms with van der Waals surface area (Å²) in [6.07, 6.45) is 1.35. The third-order valence-electron chi connectivity index (χ3n) is 1.71. The van der Waals surface area contributed by atoms with Crippen molar-refractivity contribution in [3.63, 3.8) is 0 Å². The molecular formula is C7H16NO3PS. The van der Waals surface area contributed by atoms with Crippen molar-refractivity contribution in [2.45, 2.75) is 32.8 Å². The summed E-state index contributed by atoms with van der Waals surface area (Å²) in [5.41, 5.74) is 4.87. The summed E-state index contributed by atoms with van der Waals surface area (Å²) in [6.45, 7) is 3.94. The first-order valence-corrected chi connectivity index (χ1v) is 6.27. The van der Waals surface area contributed by atoms with Crippen molar-refractivity contribution in [1.82, 2.24) is 0 Å².